The van der Waals surface area contributed by atoms with E-state index in [0.29, 0.717) is 5.56 Å². The Morgan fingerprint density at radius 3 is 2.46 bits per heavy atom. The number of anilines is 1. The molecule has 0 spiro atoms. The van der Waals surface area contributed by atoms with Crippen LogP contribution in [0.4, 0.5) is 10.1 Å². The average Bonchev–Trinajstić information content (AvgIpc) is 2.95. The van der Waals surface area contributed by atoms with Crippen LogP contribution in [0, 0.1) is 5.82 Å². The molecule has 0 bridgehead atoms. The third-order valence-electron chi connectivity index (χ3n) is 5.30. The lowest BCUT2D eigenvalue weighted by atomic mass is 9.94. The van der Waals surface area contributed by atoms with Crippen LogP contribution in [0.3, 0.4) is 0 Å². The SMILES string of the molecule is O=C(Nc1cc(Cl)ccc1F)c1ccc2c(c1)C(=O)N(C1CCCCC1)C2=O. The monoisotopic (exact) mass is 400 g/mol. The van der Waals surface area contributed by atoms with Gasteiger partial charge in [-0.25, -0.2) is 4.39 Å². The van der Waals surface area contributed by atoms with Crippen LogP contribution in [0.25, 0.3) is 0 Å². The topological polar surface area (TPSA) is 66.5 Å². The summed E-state index contributed by atoms with van der Waals surface area (Å²) in [6.45, 7) is 0. The lowest BCUT2D eigenvalue weighted by Crippen LogP contribution is -2.40. The van der Waals surface area contributed by atoms with Gasteiger partial charge in [-0.2, -0.15) is 0 Å². The minimum atomic E-state index is -0.617. The molecule has 0 saturated heterocycles. The van der Waals surface area contributed by atoms with Crippen LogP contribution in [-0.4, -0.2) is 28.7 Å². The zero-order chi connectivity index (χ0) is 19.8. The van der Waals surface area contributed by atoms with Gasteiger partial charge in [0, 0.05) is 16.6 Å². The summed E-state index contributed by atoms with van der Waals surface area (Å²) in [4.78, 5) is 39.4. The van der Waals surface area contributed by atoms with Crippen molar-refractivity contribution in [2.45, 2.75) is 38.1 Å². The second kappa shape index (κ2) is 7.36. The van der Waals surface area contributed by atoms with Gasteiger partial charge in [-0.1, -0.05) is 30.9 Å². The number of nitrogens with one attached hydrogen (secondary N) is 1. The van der Waals surface area contributed by atoms with Gasteiger partial charge in [0.15, 0.2) is 0 Å². The fourth-order valence-electron chi connectivity index (χ4n) is 3.86. The van der Waals surface area contributed by atoms with E-state index in [9.17, 15) is 18.8 Å². The highest BCUT2D eigenvalue weighted by Gasteiger charge is 2.40. The number of fused-ring (bicyclic) bond motifs is 1. The lowest BCUT2D eigenvalue weighted by Gasteiger charge is -2.29. The molecule has 4 rings (SSSR count). The maximum absolute atomic E-state index is 13.9. The second-order valence-electron chi connectivity index (χ2n) is 7.11. The highest BCUT2D eigenvalue weighted by molar-refractivity contribution is 6.31. The first-order chi connectivity index (χ1) is 13.5. The molecule has 1 heterocycles. The number of amides is 3. The summed E-state index contributed by atoms with van der Waals surface area (Å²) in [5.41, 5.74) is 0.643. The summed E-state index contributed by atoms with van der Waals surface area (Å²) in [6, 6.07) is 8.11. The number of nitrogens with zero attached hydrogens (tertiary/aromatic N) is 1. The van der Waals surface area contributed by atoms with E-state index in [1.54, 1.807) is 0 Å². The Morgan fingerprint density at radius 2 is 1.71 bits per heavy atom. The molecule has 7 heteroatoms. The molecule has 0 aromatic heterocycles. The summed E-state index contributed by atoms with van der Waals surface area (Å²) >= 11 is 5.84. The number of hydrogen-bond donors (Lipinski definition) is 1. The molecular formula is C21H18ClFN2O3. The smallest absolute Gasteiger partial charge is 0.261 e. The molecular weight excluding hydrogens is 383 g/mol. The van der Waals surface area contributed by atoms with Gasteiger partial charge >= 0.3 is 0 Å². The standard InChI is InChI=1S/C21H18ClFN2O3/c22-13-7-9-17(23)18(11-13)24-19(26)12-6-8-15-16(10-12)21(28)25(20(15)27)14-4-2-1-3-5-14/h6-11,14H,1-5H2,(H,24,26). The van der Waals surface area contributed by atoms with Crippen LogP contribution in [0.5, 0.6) is 0 Å². The van der Waals surface area contributed by atoms with Gasteiger partial charge in [-0.05, 0) is 49.2 Å². The number of rotatable bonds is 3. The van der Waals surface area contributed by atoms with E-state index in [1.165, 1.54) is 35.2 Å². The first kappa shape index (κ1) is 18.6. The van der Waals surface area contributed by atoms with Crippen molar-refractivity contribution in [2.24, 2.45) is 0 Å². The van der Waals surface area contributed by atoms with Crippen LogP contribution >= 0.6 is 11.6 Å². The fourth-order valence-corrected chi connectivity index (χ4v) is 4.03. The van der Waals surface area contributed by atoms with E-state index in [2.05, 4.69) is 5.32 Å². The number of imide groups is 1. The molecule has 1 N–H and O–H groups in total. The lowest BCUT2D eigenvalue weighted by molar-refractivity contribution is 0.0549. The highest BCUT2D eigenvalue weighted by Crippen LogP contribution is 2.31. The van der Waals surface area contributed by atoms with Gasteiger partial charge < -0.3 is 5.32 Å². The molecule has 2 aromatic carbocycles. The molecule has 3 amide bonds. The van der Waals surface area contributed by atoms with E-state index < -0.39 is 11.7 Å². The average molecular weight is 401 g/mol. The first-order valence-corrected chi connectivity index (χ1v) is 9.62. The van der Waals surface area contributed by atoms with E-state index in [0.717, 1.165) is 38.2 Å². The van der Waals surface area contributed by atoms with Crippen molar-refractivity contribution in [3.63, 3.8) is 0 Å². The Morgan fingerprint density at radius 1 is 1.00 bits per heavy atom. The molecule has 1 saturated carbocycles. The summed E-state index contributed by atoms with van der Waals surface area (Å²) < 4.78 is 13.9. The Bertz CT molecular complexity index is 986. The Labute approximate surface area is 166 Å². The number of benzene rings is 2. The molecule has 2 aliphatic rings. The van der Waals surface area contributed by atoms with Gasteiger partial charge in [0.1, 0.15) is 5.82 Å². The maximum Gasteiger partial charge on any atom is 0.261 e. The van der Waals surface area contributed by atoms with Crippen molar-refractivity contribution in [1.29, 1.82) is 0 Å². The van der Waals surface area contributed by atoms with Gasteiger partial charge in [-0.3, -0.25) is 19.3 Å². The number of carbonyl (C=O) groups is 3. The van der Waals surface area contributed by atoms with Crippen LogP contribution in [-0.2, 0) is 0 Å². The Balaban J connectivity index is 1.59. The molecule has 2 aromatic rings. The van der Waals surface area contributed by atoms with Crippen molar-refractivity contribution < 1.29 is 18.8 Å². The zero-order valence-electron chi connectivity index (χ0n) is 15.0. The highest BCUT2D eigenvalue weighted by atomic mass is 35.5. The number of hydrogen-bond acceptors (Lipinski definition) is 3. The third-order valence-corrected chi connectivity index (χ3v) is 5.53. The third kappa shape index (κ3) is 3.29. The van der Waals surface area contributed by atoms with Crippen LogP contribution in [0.1, 0.15) is 63.2 Å². The quantitative estimate of drug-likeness (QED) is 0.762. The van der Waals surface area contributed by atoms with Gasteiger partial charge in [0.25, 0.3) is 17.7 Å². The number of halogens is 2. The van der Waals surface area contributed by atoms with Gasteiger partial charge in [-0.15, -0.1) is 0 Å². The Hall–Kier alpha value is -2.73. The van der Waals surface area contributed by atoms with Crippen molar-refractivity contribution in [1.82, 2.24) is 4.90 Å². The van der Waals surface area contributed by atoms with Crippen molar-refractivity contribution in [3.8, 4) is 0 Å². The van der Waals surface area contributed by atoms with E-state index in [-0.39, 0.29) is 39.7 Å². The van der Waals surface area contributed by atoms with E-state index >= 15 is 0 Å². The molecule has 0 radical (unpaired) electrons. The zero-order valence-corrected chi connectivity index (χ0v) is 15.8. The summed E-state index contributed by atoms with van der Waals surface area (Å²) in [5.74, 6) is -1.87. The van der Waals surface area contributed by atoms with E-state index in [1.807, 2.05) is 0 Å². The molecule has 144 valence electrons. The largest absolute Gasteiger partial charge is 0.319 e. The molecule has 1 aliphatic carbocycles. The normalized spacial score (nSPS) is 17.0. The predicted molar refractivity (Wildman–Crippen MR) is 103 cm³/mol. The number of carbonyl (C=O) groups excluding carboxylic acids is 3. The van der Waals surface area contributed by atoms with Crippen LogP contribution in [0.15, 0.2) is 36.4 Å². The Kier molecular flexibility index (Phi) is 4.89. The molecule has 1 aliphatic heterocycles. The summed E-state index contributed by atoms with van der Waals surface area (Å²) in [7, 11) is 0. The van der Waals surface area contributed by atoms with Gasteiger partial charge in [0.2, 0.25) is 0 Å². The van der Waals surface area contributed by atoms with Crippen LogP contribution in [0.2, 0.25) is 5.02 Å². The van der Waals surface area contributed by atoms with Gasteiger partial charge in [0.05, 0.1) is 16.8 Å². The molecule has 5 nitrogen and oxygen atoms in total. The first-order valence-electron chi connectivity index (χ1n) is 9.24. The minimum absolute atomic E-state index is 0.0516. The molecule has 0 unspecified atom stereocenters. The molecule has 28 heavy (non-hydrogen) atoms. The fraction of sp³-hybridized carbons (Fsp3) is 0.286. The molecule has 0 atom stereocenters. The van der Waals surface area contributed by atoms with E-state index in [4.69, 9.17) is 11.6 Å². The summed E-state index contributed by atoms with van der Waals surface area (Å²) in [6.07, 6.45) is 4.73. The predicted octanol–water partition coefficient (Wildman–Crippen LogP) is 4.66. The van der Waals surface area contributed by atoms with Crippen molar-refractivity contribution in [2.75, 3.05) is 5.32 Å². The van der Waals surface area contributed by atoms with Crippen LogP contribution < -0.4 is 5.32 Å². The summed E-state index contributed by atoms with van der Waals surface area (Å²) in [5, 5.41) is 2.74. The molecule has 1 fully saturated rings. The maximum atomic E-state index is 13.9. The minimum Gasteiger partial charge on any atom is -0.319 e. The van der Waals surface area contributed by atoms with Crippen molar-refractivity contribution in [3.05, 3.63) is 63.9 Å². The second-order valence-corrected chi connectivity index (χ2v) is 7.55. The van der Waals surface area contributed by atoms with Crippen molar-refractivity contribution >= 4 is 35.0 Å².